The van der Waals surface area contributed by atoms with Crippen LogP contribution in [0.25, 0.3) is 11.0 Å². The molecule has 2 N–H and O–H groups in total. The summed E-state index contributed by atoms with van der Waals surface area (Å²) in [4.78, 5) is 30.1. The van der Waals surface area contributed by atoms with Gasteiger partial charge in [-0.1, -0.05) is 49.2 Å². The maximum absolute atomic E-state index is 12.9. The summed E-state index contributed by atoms with van der Waals surface area (Å²) < 4.78 is 2.07. The summed E-state index contributed by atoms with van der Waals surface area (Å²) in [5, 5.41) is 6.45. The molecule has 0 radical (unpaired) electrons. The van der Waals surface area contributed by atoms with E-state index in [1.54, 1.807) is 12.1 Å². The van der Waals surface area contributed by atoms with E-state index in [2.05, 4.69) is 20.2 Å². The number of halogens is 2. The number of aromatic nitrogens is 2. The van der Waals surface area contributed by atoms with Crippen molar-refractivity contribution < 1.29 is 9.59 Å². The standard InChI is InChI=1S/C23H26Cl2N4O2/c1-14(2)12-20(28-22(30)17-9-8-16(24)13-18(17)25)23(31)26-10-11-29-15(3)27-19-6-4-5-7-21(19)29/h4-9,13-14,20H,10-12H2,1-3H3,(H,26,31)(H,28,30). The Morgan fingerprint density at radius 2 is 1.87 bits per heavy atom. The van der Waals surface area contributed by atoms with Crippen LogP contribution in [0.15, 0.2) is 42.5 Å². The van der Waals surface area contributed by atoms with Gasteiger partial charge in [-0.15, -0.1) is 0 Å². The van der Waals surface area contributed by atoms with Crippen molar-refractivity contribution in [3.8, 4) is 0 Å². The zero-order valence-electron chi connectivity index (χ0n) is 17.8. The molecule has 2 amide bonds. The van der Waals surface area contributed by atoms with Gasteiger partial charge in [0.2, 0.25) is 5.91 Å². The molecule has 0 aliphatic heterocycles. The maximum Gasteiger partial charge on any atom is 0.253 e. The van der Waals surface area contributed by atoms with Crippen LogP contribution in [0.1, 0.15) is 36.5 Å². The van der Waals surface area contributed by atoms with Gasteiger partial charge < -0.3 is 15.2 Å². The number of fused-ring (bicyclic) bond motifs is 1. The lowest BCUT2D eigenvalue weighted by Gasteiger charge is -2.21. The van der Waals surface area contributed by atoms with Crippen LogP contribution in [0, 0.1) is 12.8 Å². The van der Waals surface area contributed by atoms with E-state index in [1.165, 1.54) is 6.07 Å². The normalized spacial score (nSPS) is 12.2. The smallest absolute Gasteiger partial charge is 0.253 e. The molecule has 8 heteroatoms. The molecule has 0 aliphatic carbocycles. The molecule has 0 aliphatic rings. The van der Waals surface area contributed by atoms with Crippen molar-refractivity contribution in [3.63, 3.8) is 0 Å². The first-order chi connectivity index (χ1) is 14.8. The second-order valence-corrected chi connectivity index (χ2v) is 8.71. The monoisotopic (exact) mass is 460 g/mol. The highest BCUT2D eigenvalue weighted by Crippen LogP contribution is 2.21. The Morgan fingerprint density at radius 3 is 2.58 bits per heavy atom. The molecule has 1 atom stereocenters. The molecule has 0 fully saturated rings. The molecule has 1 unspecified atom stereocenters. The third-order valence-electron chi connectivity index (χ3n) is 4.98. The Morgan fingerprint density at radius 1 is 1.13 bits per heavy atom. The van der Waals surface area contributed by atoms with Gasteiger partial charge in [0.1, 0.15) is 11.9 Å². The van der Waals surface area contributed by atoms with Crippen LogP contribution in [0.4, 0.5) is 0 Å². The first-order valence-electron chi connectivity index (χ1n) is 10.2. The van der Waals surface area contributed by atoms with E-state index >= 15 is 0 Å². The molecule has 1 aromatic heterocycles. The van der Waals surface area contributed by atoms with Crippen LogP contribution in [-0.2, 0) is 11.3 Å². The van der Waals surface area contributed by atoms with Crippen LogP contribution in [0.2, 0.25) is 10.0 Å². The topological polar surface area (TPSA) is 76.0 Å². The molecule has 164 valence electrons. The number of benzene rings is 2. The van der Waals surface area contributed by atoms with Crippen LogP contribution in [-0.4, -0.2) is 34.0 Å². The highest BCUT2D eigenvalue weighted by atomic mass is 35.5. The number of carbonyl (C=O) groups excluding carboxylic acids is 2. The Kier molecular flexibility index (Phi) is 7.57. The minimum atomic E-state index is -0.667. The predicted octanol–water partition coefficient (Wildman–Crippen LogP) is 4.61. The predicted molar refractivity (Wildman–Crippen MR) is 125 cm³/mol. The quantitative estimate of drug-likeness (QED) is 0.514. The molecule has 0 saturated carbocycles. The SMILES string of the molecule is Cc1nc2ccccc2n1CCNC(=O)C(CC(C)C)NC(=O)c1ccc(Cl)cc1Cl. The first-order valence-corrected chi connectivity index (χ1v) is 11.0. The molecule has 2 aromatic carbocycles. The lowest BCUT2D eigenvalue weighted by Crippen LogP contribution is -2.48. The van der Waals surface area contributed by atoms with Gasteiger partial charge in [0.25, 0.3) is 5.91 Å². The summed E-state index contributed by atoms with van der Waals surface area (Å²) in [5.74, 6) is 0.476. The van der Waals surface area contributed by atoms with Crippen molar-refractivity contribution in [2.75, 3.05) is 6.54 Å². The van der Waals surface area contributed by atoms with E-state index < -0.39 is 11.9 Å². The number of aryl methyl sites for hydroxylation is 1. The van der Waals surface area contributed by atoms with Crippen molar-refractivity contribution in [3.05, 3.63) is 63.9 Å². The molecule has 0 bridgehead atoms. The van der Waals surface area contributed by atoms with Gasteiger partial charge in [0, 0.05) is 18.1 Å². The summed E-state index contributed by atoms with van der Waals surface area (Å²) in [7, 11) is 0. The van der Waals surface area contributed by atoms with Gasteiger partial charge in [0.05, 0.1) is 21.6 Å². The number of imidazole rings is 1. The largest absolute Gasteiger partial charge is 0.353 e. The maximum atomic E-state index is 12.9. The second kappa shape index (κ2) is 10.2. The lowest BCUT2D eigenvalue weighted by molar-refractivity contribution is -0.123. The number of para-hydroxylation sites is 2. The lowest BCUT2D eigenvalue weighted by atomic mass is 10.0. The van der Waals surface area contributed by atoms with Gasteiger partial charge >= 0.3 is 0 Å². The van der Waals surface area contributed by atoms with Crippen molar-refractivity contribution in [1.29, 1.82) is 0 Å². The molecule has 0 spiro atoms. The number of rotatable bonds is 8. The van der Waals surface area contributed by atoms with Crippen molar-refractivity contribution in [2.24, 2.45) is 5.92 Å². The fourth-order valence-corrected chi connectivity index (χ4v) is 4.00. The van der Waals surface area contributed by atoms with Crippen molar-refractivity contribution in [1.82, 2.24) is 20.2 Å². The number of nitrogens with one attached hydrogen (secondary N) is 2. The fourth-order valence-electron chi connectivity index (χ4n) is 3.50. The zero-order chi connectivity index (χ0) is 22.5. The van der Waals surface area contributed by atoms with Gasteiger partial charge in [0.15, 0.2) is 0 Å². The Hall–Kier alpha value is -2.57. The summed E-state index contributed by atoms with van der Waals surface area (Å²) in [5.41, 5.74) is 2.24. The second-order valence-electron chi connectivity index (χ2n) is 7.87. The minimum Gasteiger partial charge on any atom is -0.353 e. The molecular weight excluding hydrogens is 435 g/mol. The average Bonchev–Trinajstić information content (AvgIpc) is 3.02. The van der Waals surface area contributed by atoms with Crippen LogP contribution in [0.5, 0.6) is 0 Å². The van der Waals surface area contributed by atoms with Crippen LogP contribution >= 0.6 is 23.2 Å². The van der Waals surface area contributed by atoms with Crippen molar-refractivity contribution in [2.45, 2.75) is 39.8 Å². The average molecular weight is 461 g/mol. The molecule has 0 saturated heterocycles. The minimum absolute atomic E-state index is 0.219. The third kappa shape index (κ3) is 5.77. The summed E-state index contributed by atoms with van der Waals surface area (Å²) in [6.45, 7) is 6.96. The van der Waals surface area contributed by atoms with Gasteiger partial charge in [-0.2, -0.15) is 0 Å². The summed E-state index contributed by atoms with van der Waals surface area (Å²) in [6, 6.07) is 11.9. The van der Waals surface area contributed by atoms with Crippen LogP contribution < -0.4 is 10.6 Å². The number of carbonyl (C=O) groups is 2. The van der Waals surface area contributed by atoms with E-state index in [4.69, 9.17) is 23.2 Å². The van der Waals surface area contributed by atoms with Gasteiger partial charge in [-0.3, -0.25) is 9.59 Å². The highest BCUT2D eigenvalue weighted by molar-refractivity contribution is 6.36. The molecule has 31 heavy (non-hydrogen) atoms. The Labute approximate surface area is 191 Å². The highest BCUT2D eigenvalue weighted by Gasteiger charge is 2.23. The van der Waals surface area contributed by atoms with Crippen LogP contribution in [0.3, 0.4) is 0 Å². The van der Waals surface area contributed by atoms with E-state index in [0.717, 1.165) is 16.9 Å². The number of hydrogen-bond donors (Lipinski definition) is 2. The van der Waals surface area contributed by atoms with E-state index in [0.29, 0.717) is 24.5 Å². The van der Waals surface area contributed by atoms with Crippen molar-refractivity contribution >= 4 is 46.0 Å². The summed E-state index contributed by atoms with van der Waals surface area (Å²) >= 11 is 12.0. The third-order valence-corrected chi connectivity index (χ3v) is 5.53. The van der Waals surface area contributed by atoms with Gasteiger partial charge in [-0.25, -0.2) is 4.98 Å². The van der Waals surface area contributed by atoms with Gasteiger partial charge in [-0.05, 0) is 49.6 Å². The zero-order valence-corrected chi connectivity index (χ0v) is 19.3. The molecule has 3 rings (SSSR count). The molecule has 6 nitrogen and oxygen atoms in total. The fraction of sp³-hybridized carbons (Fsp3) is 0.348. The molecule has 3 aromatic rings. The van der Waals surface area contributed by atoms with E-state index in [9.17, 15) is 9.59 Å². The van der Waals surface area contributed by atoms with E-state index in [-0.39, 0.29) is 22.4 Å². The number of hydrogen-bond acceptors (Lipinski definition) is 3. The number of nitrogens with zero attached hydrogens (tertiary/aromatic N) is 2. The Balaban J connectivity index is 1.65. The molecule has 1 heterocycles. The Bertz CT molecular complexity index is 1090. The molecular formula is C23H26Cl2N4O2. The number of amides is 2. The first kappa shape index (κ1) is 23.1. The summed E-state index contributed by atoms with van der Waals surface area (Å²) in [6.07, 6.45) is 0.510. The van der Waals surface area contributed by atoms with E-state index in [1.807, 2.05) is 45.0 Å².